The Bertz CT molecular complexity index is 575. The summed E-state index contributed by atoms with van der Waals surface area (Å²) in [7, 11) is 0. The quantitative estimate of drug-likeness (QED) is 0.748. The van der Waals surface area contributed by atoms with E-state index in [1.807, 2.05) is 26.8 Å². The first kappa shape index (κ1) is 16.1. The maximum absolute atomic E-state index is 5.39. The number of hydrogen-bond donors (Lipinski definition) is 1. The van der Waals surface area contributed by atoms with Crippen molar-refractivity contribution >= 4 is 29.1 Å². The second kappa shape index (κ2) is 8.26. The van der Waals surface area contributed by atoms with Gasteiger partial charge in [-0.3, -0.25) is 0 Å². The number of rotatable bonds is 8. The molecule has 0 saturated carbocycles. The van der Waals surface area contributed by atoms with Crippen LogP contribution in [0.25, 0.3) is 0 Å². The minimum Gasteiger partial charge on any atom is -0.374 e. The molecule has 0 aliphatic heterocycles. The molecule has 0 aromatic carbocycles. The summed E-state index contributed by atoms with van der Waals surface area (Å²) in [6.07, 6.45) is 0.846. The fraction of sp³-hybridized carbons (Fsp3) is 0.538. The van der Waals surface area contributed by atoms with E-state index in [2.05, 4.69) is 24.6 Å². The van der Waals surface area contributed by atoms with Crippen LogP contribution >= 0.6 is 23.3 Å². The summed E-state index contributed by atoms with van der Waals surface area (Å²) >= 11 is 2.91. The Morgan fingerprint density at radius 3 is 2.71 bits per heavy atom. The molecule has 2 aromatic heterocycles. The molecule has 2 rings (SSSR count). The van der Waals surface area contributed by atoms with Crippen LogP contribution in [0.15, 0.2) is 15.4 Å². The minimum atomic E-state index is 0.416. The van der Waals surface area contributed by atoms with Crippen molar-refractivity contribution < 1.29 is 4.74 Å². The first-order chi connectivity index (χ1) is 10.2. The van der Waals surface area contributed by atoms with Crippen molar-refractivity contribution in [3.05, 3.63) is 17.7 Å². The van der Waals surface area contributed by atoms with Gasteiger partial charge in [0.2, 0.25) is 0 Å². The average molecular weight is 325 g/mol. The third kappa shape index (κ3) is 4.90. The van der Waals surface area contributed by atoms with Crippen LogP contribution in [-0.4, -0.2) is 32.5 Å². The number of nitrogens with one attached hydrogen (secondary N) is 1. The van der Waals surface area contributed by atoms with Gasteiger partial charge in [-0.25, -0.2) is 15.0 Å². The van der Waals surface area contributed by atoms with Gasteiger partial charge in [0.1, 0.15) is 23.3 Å². The number of aryl methyl sites for hydroxylation is 1. The molecule has 0 spiro atoms. The third-order valence-electron chi connectivity index (χ3n) is 2.50. The fourth-order valence-corrected chi connectivity index (χ4v) is 3.24. The number of anilines is 1. The molecular weight excluding hydrogens is 306 g/mol. The van der Waals surface area contributed by atoms with Crippen molar-refractivity contribution in [2.24, 2.45) is 0 Å². The van der Waals surface area contributed by atoms with Gasteiger partial charge in [-0.15, -0.1) is 0 Å². The lowest BCUT2D eigenvalue weighted by Gasteiger charge is -2.07. The van der Waals surface area contributed by atoms with E-state index >= 15 is 0 Å². The summed E-state index contributed by atoms with van der Waals surface area (Å²) in [5.74, 6) is 2.36. The van der Waals surface area contributed by atoms with Crippen LogP contribution < -0.4 is 5.32 Å². The Labute approximate surface area is 132 Å². The van der Waals surface area contributed by atoms with Gasteiger partial charge in [-0.2, -0.15) is 4.37 Å². The topological polar surface area (TPSA) is 72.8 Å². The van der Waals surface area contributed by atoms with Gasteiger partial charge >= 0.3 is 0 Å². The standard InChI is InChI=1S/C13H19N5OS2/c1-4-9-17-13(21-18-9)20-12-7-10(14-5-2)15-11(16-12)8-19-6-3/h7H,4-6,8H2,1-3H3,(H,14,15,16). The molecule has 0 bridgehead atoms. The molecule has 0 amide bonds. The second-order valence-corrected chi connectivity index (χ2v) is 6.13. The Morgan fingerprint density at radius 2 is 2.05 bits per heavy atom. The van der Waals surface area contributed by atoms with Crippen LogP contribution in [-0.2, 0) is 17.8 Å². The lowest BCUT2D eigenvalue weighted by Crippen LogP contribution is -2.05. The molecule has 2 heterocycles. The van der Waals surface area contributed by atoms with Gasteiger partial charge < -0.3 is 10.1 Å². The smallest absolute Gasteiger partial charge is 0.176 e. The van der Waals surface area contributed by atoms with Crippen LogP contribution in [0.3, 0.4) is 0 Å². The van der Waals surface area contributed by atoms with Gasteiger partial charge in [-0.05, 0) is 37.1 Å². The van der Waals surface area contributed by atoms with Crippen molar-refractivity contribution in [3.63, 3.8) is 0 Å². The highest BCUT2D eigenvalue weighted by atomic mass is 32.2. The van der Waals surface area contributed by atoms with Gasteiger partial charge in [0.25, 0.3) is 0 Å². The maximum Gasteiger partial charge on any atom is 0.176 e. The molecule has 114 valence electrons. The van der Waals surface area contributed by atoms with Crippen LogP contribution in [0.4, 0.5) is 5.82 Å². The first-order valence-electron chi connectivity index (χ1n) is 6.95. The molecule has 6 nitrogen and oxygen atoms in total. The summed E-state index contributed by atoms with van der Waals surface area (Å²) in [5.41, 5.74) is 0. The molecule has 2 aromatic rings. The van der Waals surface area contributed by atoms with Crippen molar-refractivity contribution in [2.45, 2.75) is 43.2 Å². The van der Waals surface area contributed by atoms with Crippen LogP contribution in [0.1, 0.15) is 32.4 Å². The van der Waals surface area contributed by atoms with E-state index in [0.29, 0.717) is 19.0 Å². The highest BCUT2D eigenvalue weighted by Gasteiger charge is 2.09. The van der Waals surface area contributed by atoms with Gasteiger partial charge in [0.15, 0.2) is 10.2 Å². The molecule has 0 saturated heterocycles. The number of ether oxygens (including phenoxy) is 1. The van der Waals surface area contributed by atoms with Crippen molar-refractivity contribution in [2.75, 3.05) is 18.5 Å². The molecule has 0 aliphatic rings. The molecule has 21 heavy (non-hydrogen) atoms. The average Bonchev–Trinajstić information content (AvgIpc) is 2.93. The molecule has 8 heteroatoms. The van der Waals surface area contributed by atoms with Gasteiger partial charge in [0.05, 0.1) is 0 Å². The molecular formula is C13H19N5OS2. The zero-order chi connectivity index (χ0) is 15.1. The predicted octanol–water partition coefficient (Wildman–Crippen LogP) is 3.01. The second-order valence-electron chi connectivity index (χ2n) is 4.11. The van der Waals surface area contributed by atoms with Gasteiger partial charge in [0, 0.05) is 25.6 Å². The van der Waals surface area contributed by atoms with E-state index in [4.69, 9.17) is 4.74 Å². The van der Waals surface area contributed by atoms with E-state index < -0.39 is 0 Å². The van der Waals surface area contributed by atoms with E-state index in [-0.39, 0.29) is 0 Å². The zero-order valence-electron chi connectivity index (χ0n) is 12.4. The summed E-state index contributed by atoms with van der Waals surface area (Å²) < 4.78 is 10.6. The van der Waals surface area contributed by atoms with E-state index in [0.717, 1.165) is 34.0 Å². The van der Waals surface area contributed by atoms with Crippen molar-refractivity contribution in [3.8, 4) is 0 Å². The molecule has 1 N–H and O–H groups in total. The third-order valence-corrected chi connectivity index (χ3v) is 4.21. The highest BCUT2D eigenvalue weighted by Crippen LogP contribution is 2.29. The normalized spacial score (nSPS) is 10.8. The Morgan fingerprint density at radius 1 is 1.19 bits per heavy atom. The predicted molar refractivity (Wildman–Crippen MR) is 84.9 cm³/mol. The lowest BCUT2D eigenvalue weighted by molar-refractivity contribution is 0.128. The monoisotopic (exact) mass is 325 g/mol. The number of hydrogen-bond acceptors (Lipinski definition) is 8. The Kier molecular flexibility index (Phi) is 6.34. The van der Waals surface area contributed by atoms with Crippen LogP contribution in [0.5, 0.6) is 0 Å². The maximum atomic E-state index is 5.39. The molecule has 0 atom stereocenters. The van der Waals surface area contributed by atoms with Crippen molar-refractivity contribution in [1.29, 1.82) is 0 Å². The molecule has 0 radical (unpaired) electrons. The molecule has 0 aliphatic carbocycles. The summed E-state index contributed by atoms with van der Waals surface area (Å²) in [5, 5.41) is 4.07. The SMILES string of the molecule is CCNc1cc(Sc2nc(CC)ns2)nc(COCC)n1. The Balaban J connectivity index is 2.17. The minimum absolute atomic E-state index is 0.416. The summed E-state index contributed by atoms with van der Waals surface area (Å²) in [6, 6.07) is 1.93. The molecule has 0 unspecified atom stereocenters. The van der Waals surface area contributed by atoms with Gasteiger partial charge in [-0.1, -0.05) is 6.92 Å². The van der Waals surface area contributed by atoms with E-state index in [9.17, 15) is 0 Å². The fourth-order valence-electron chi connectivity index (χ4n) is 1.57. The summed E-state index contributed by atoms with van der Waals surface area (Å²) in [6.45, 7) is 7.92. The Hall–Kier alpha value is -1.25. The lowest BCUT2D eigenvalue weighted by atomic mass is 10.5. The van der Waals surface area contributed by atoms with E-state index in [1.165, 1.54) is 23.3 Å². The summed E-state index contributed by atoms with van der Waals surface area (Å²) in [4.78, 5) is 13.4. The molecule has 0 fully saturated rings. The van der Waals surface area contributed by atoms with Crippen molar-refractivity contribution in [1.82, 2.24) is 19.3 Å². The van der Waals surface area contributed by atoms with E-state index in [1.54, 1.807) is 0 Å². The highest BCUT2D eigenvalue weighted by molar-refractivity contribution is 8.00. The van der Waals surface area contributed by atoms with Crippen LogP contribution in [0.2, 0.25) is 0 Å². The largest absolute Gasteiger partial charge is 0.374 e. The number of nitrogens with zero attached hydrogens (tertiary/aromatic N) is 4. The zero-order valence-corrected chi connectivity index (χ0v) is 14.1. The van der Waals surface area contributed by atoms with Crippen LogP contribution in [0, 0.1) is 0 Å². The first-order valence-corrected chi connectivity index (χ1v) is 8.54. The number of aromatic nitrogens is 4.